The third-order valence-electron chi connectivity index (χ3n) is 4.36. The van der Waals surface area contributed by atoms with Gasteiger partial charge in [0.1, 0.15) is 0 Å². The molecule has 0 saturated carbocycles. The monoisotopic (exact) mass is 330 g/mol. The van der Waals surface area contributed by atoms with Gasteiger partial charge in [-0.2, -0.15) is 0 Å². The Labute approximate surface area is 140 Å². The molecule has 0 aromatic heterocycles. The first-order chi connectivity index (χ1) is 11.5. The lowest BCUT2D eigenvalue weighted by Crippen LogP contribution is -2.45. The Morgan fingerprint density at radius 2 is 0.958 bits per heavy atom. The summed E-state index contributed by atoms with van der Waals surface area (Å²) < 4.78 is 0. The molecule has 0 spiro atoms. The summed E-state index contributed by atoms with van der Waals surface area (Å²) in [5, 5.41) is 37.8. The van der Waals surface area contributed by atoms with Crippen LogP contribution in [-0.2, 0) is 13.1 Å². The lowest BCUT2D eigenvalue weighted by atomic mass is 10.1. The molecule has 0 unspecified atom stereocenters. The van der Waals surface area contributed by atoms with E-state index < -0.39 is 0 Å². The number of benzene rings is 2. The van der Waals surface area contributed by atoms with E-state index in [4.69, 9.17) is 0 Å². The molecule has 0 amide bonds. The fraction of sp³-hybridized carbons (Fsp3) is 0.333. The number of aromatic hydroxyl groups is 4. The number of piperazine rings is 1. The van der Waals surface area contributed by atoms with Crippen molar-refractivity contribution in [3.8, 4) is 23.0 Å². The van der Waals surface area contributed by atoms with Crippen LogP contribution < -0.4 is 0 Å². The van der Waals surface area contributed by atoms with Gasteiger partial charge in [0.15, 0.2) is 23.0 Å². The summed E-state index contributed by atoms with van der Waals surface area (Å²) in [5.41, 5.74) is 1.95. The third kappa shape index (κ3) is 3.90. The molecule has 2 aromatic rings. The number of hydrogen-bond donors (Lipinski definition) is 4. The zero-order chi connectivity index (χ0) is 17.1. The SMILES string of the molecule is Oc1ccc(CN2CCN(Cc3ccc(O)c(O)c3)CC2)cc1O. The van der Waals surface area contributed by atoms with E-state index in [-0.39, 0.29) is 23.0 Å². The maximum absolute atomic E-state index is 9.56. The van der Waals surface area contributed by atoms with Crippen molar-refractivity contribution >= 4 is 0 Å². The van der Waals surface area contributed by atoms with E-state index >= 15 is 0 Å². The summed E-state index contributed by atoms with van der Waals surface area (Å²) >= 11 is 0. The van der Waals surface area contributed by atoms with Gasteiger partial charge in [-0.25, -0.2) is 0 Å². The summed E-state index contributed by atoms with van der Waals surface area (Å²) in [6, 6.07) is 9.86. The lowest BCUT2D eigenvalue weighted by molar-refractivity contribution is 0.122. The van der Waals surface area contributed by atoms with Crippen LogP contribution in [0.15, 0.2) is 36.4 Å². The summed E-state index contributed by atoms with van der Waals surface area (Å²) in [5.74, 6) is -0.363. The van der Waals surface area contributed by atoms with Gasteiger partial charge in [0.2, 0.25) is 0 Å². The topological polar surface area (TPSA) is 87.4 Å². The molecule has 1 fully saturated rings. The largest absolute Gasteiger partial charge is 0.504 e. The molecule has 0 radical (unpaired) electrons. The molecule has 128 valence electrons. The molecule has 0 aliphatic carbocycles. The fourth-order valence-corrected chi connectivity index (χ4v) is 2.96. The summed E-state index contributed by atoms with van der Waals surface area (Å²) in [6.07, 6.45) is 0. The molecule has 4 N–H and O–H groups in total. The Balaban J connectivity index is 1.51. The Bertz CT molecular complexity index is 651. The highest BCUT2D eigenvalue weighted by Crippen LogP contribution is 2.27. The molecule has 3 rings (SSSR count). The predicted molar refractivity (Wildman–Crippen MR) is 90.1 cm³/mol. The first kappa shape index (κ1) is 16.4. The van der Waals surface area contributed by atoms with E-state index in [1.54, 1.807) is 12.1 Å². The average molecular weight is 330 g/mol. The second kappa shape index (κ2) is 6.98. The quantitative estimate of drug-likeness (QED) is 0.640. The van der Waals surface area contributed by atoms with Crippen LogP contribution in [0.2, 0.25) is 0 Å². The van der Waals surface area contributed by atoms with Gasteiger partial charge in [-0.15, -0.1) is 0 Å². The van der Waals surface area contributed by atoms with Crippen LogP contribution in [0.3, 0.4) is 0 Å². The lowest BCUT2D eigenvalue weighted by Gasteiger charge is -2.34. The van der Waals surface area contributed by atoms with Gasteiger partial charge in [-0.3, -0.25) is 9.80 Å². The number of rotatable bonds is 4. The van der Waals surface area contributed by atoms with E-state index in [2.05, 4.69) is 9.80 Å². The number of phenolic OH excluding ortho intramolecular Hbond substituents is 4. The highest BCUT2D eigenvalue weighted by atomic mass is 16.3. The van der Waals surface area contributed by atoms with Crippen molar-refractivity contribution in [3.05, 3.63) is 47.5 Å². The van der Waals surface area contributed by atoms with Gasteiger partial charge in [0, 0.05) is 39.3 Å². The second-order valence-corrected chi connectivity index (χ2v) is 6.20. The third-order valence-corrected chi connectivity index (χ3v) is 4.36. The molecule has 0 bridgehead atoms. The molecule has 1 aliphatic heterocycles. The number of phenols is 4. The van der Waals surface area contributed by atoms with Crippen LogP contribution >= 0.6 is 0 Å². The van der Waals surface area contributed by atoms with Gasteiger partial charge < -0.3 is 20.4 Å². The molecule has 0 atom stereocenters. The smallest absolute Gasteiger partial charge is 0.157 e. The zero-order valence-corrected chi connectivity index (χ0v) is 13.4. The average Bonchev–Trinajstić information content (AvgIpc) is 2.56. The Morgan fingerprint density at radius 3 is 1.29 bits per heavy atom. The van der Waals surface area contributed by atoms with Crippen LogP contribution in [0.25, 0.3) is 0 Å². The Morgan fingerprint density at radius 1 is 0.583 bits per heavy atom. The first-order valence-corrected chi connectivity index (χ1v) is 7.97. The van der Waals surface area contributed by atoms with Gasteiger partial charge in [0.05, 0.1) is 0 Å². The predicted octanol–water partition coefficient (Wildman–Crippen LogP) is 1.83. The highest BCUT2D eigenvalue weighted by Gasteiger charge is 2.18. The summed E-state index contributed by atoms with van der Waals surface area (Å²) in [4.78, 5) is 4.60. The van der Waals surface area contributed by atoms with Crippen LogP contribution in [0.5, 0.6) is 23.0 Å². The van der Waals surface area contributed by atoms with E-state index in [0.717, 1.165) is 50.4 Å². The summed E-state index contributed by atoms with van der Waals surface area (Å²) in [6.45, 7) is 5.11. The van der Waals surface area contributed by atoms with E-state index in [1.165, 1.54) is 12.1 Å². The van der Waals surface area contributed by atoms with Crippen molar-refractivity contribution in [1.82, 2.24) is 9.80 Å². The minimum Gasteiger partial charge on any atom is -0.504 e. The van der Waals surface area contributed by atoms with Crippen LogP contribution in [0.4, 0.5) is 0 Å². The molecule has 1 heterocycles. The molecule has 24 heavy (non-hydrogen) atoms. The summed E-state index contributed by atoms with van der Waals surface area (Å²) in [7, 11) is 0. The van der Waals surface area contributed by atoms with Crippen LogP contribution in [0, 0.1) is 0 Å². The maximum atomic E-state index is 9.56. The van der Waals surface area contributed by atoms with Crippen LogP contribution in [-0.4, -0.2) is 56.4 Å². The van der Waals surface area contributed by atoms with Crippen molar-refractivity contribution in [2.45, 2.75) is 13.1 Å². The first-order valence-electron chi connectivity index (χ1n) is 7.97. The molecule has 1 saturated heterocycles. The van der Waals surface area contributed by atoms with E-state index in [0.29, 0.717) is 0 Å². The van der Waals surface area contributed by atoms with E-state index in [1.807, 2.05) is 12.1 Å². The normalized spacial score (nSPS) is 16.3. The molecule has 2 aromatic carbocycles. The maximum Gasteiger partial charge on any atom is 0.157 e. The van der Waals surface area contributed by atoms with Gasteiger partial charge in [-0.05, 0) is 35.4 Å². The van der Waals surface area contributed by atoms with Crippen molar-refractivity contribution in [1.29, 1.82) is 0 Å². The zero-order valence-electron chi connectivity index (χ0n) is 13.4. The molecule has 1 aliphatic rings. The van der Waals surface area contributed by atoms with Crippen molar-refractivity contribution in [2.24, 2.45) is 0 Å². The van der Waals surface area contributed by atoms with Gasteiger partial charge >= 0.3 is 0 Å². The van der Waals surface area contributed by atoms with Gasteiger partial charge in [0.25, 0.3) is 0 Å². The number of hydrogen-bond acceptors (Lipinski definition) is 6. The fourth-order valence-electron chi connectivity index (χ4n) is 2.96. The minimum atomic E-state index is -0.0966. The standard InChI is InChI=1S/C18H22N2O4/c21-15-3-1-13(9-17(15)23)11-19-5-7-20(8-6-19)12-14-2-4-16(22)18(24)10-14/h1-4,9-10,21-24H,5-8,11-12H2. The Kier molecular flexibility index (Phi) is 4.78. The molecular formula is C18H22N2O4. The Hall–Kier alpha value is -2.44. The van der Waals surface area contributed by atoms with Gasteiger partial charge in [-0.1, -0.05) is 12.1 Å². The molecular weight excluding hydrogens is 308 g/mol. The molecule has 6 nitrogen and oxygen atoms in total. The highest BCUT2D eigenvalue weighted by molar-refractivity contribution is 5.41. The molecule has 6 heteroatoms. The van der Waals surface area contributed by atoms with Crippen LogP contribution in [0.1, 0.15) is 11.1 Å². The number of nitrogens with zero attached hydrogens (tertiary/aromatic N) is 2. The van der Waals surface area contributed by atoms with Crippen molar-refractivity contribution in [3.63, 3.8) is 0 Å². The minimum absolute atomic E-state index is 0.0849. The van der Waals surface area contributed by atoms with E-state index in [9.17, 15) is 20.4 Å². The van der Waals surface area contributed by atoms with Crippen molar-refractivity contribution in [2.75, 3.05) is 26.2 Å². The second-order valence-electron chi connectivity index (χ2n) is 6.20. The van der Waals surface area contributed by atoms with Crippen molar-refractivity contribution < 1.29 is 20.4 Å².